The van der Waals surface area contributed by atoms with Crippen LogP contribution in [0, 0.1) is 11.2 Å². The Balaban J connectivity index is 1.40. The molecule has 1 aromatic carbocycles. The maximum Gasteiger partial charge on any atom is 0.274 e. The fraction of sp³-hybridized carbons (Fsp3) is 0.600. The van der Waals surface area contributed by atoms with Gasteiger partial charge >= 0.3 is 0 Å². The standard InChI is InChI=1S/C20H26FN3O3/c1-13(25)23-6-3-20(4-7-23)10-16(11-20)24-5-2-17-15(12-24)8-14(9-18(17)21)19(26)22-27/h8-9,16,27H,2-7,10-12H2,1H3,(H,22,26). The number of fused-ring (bicyclic) bond motifs is 1. The highest BCUT2D eigenvalue weighted by atomic mass is 19.1. The zero-order valence-electron chi connectivity index (χ0n) is 15.6. The van der Waals surface area contributed by atoms with Gasteiger partial charge in [-0.25, -0.2) is 9.87 Å². The number of rotatable bonds is 2. The van der Waals surface area contributed by atoms with Crippen molar-refractivity contribution in [2.24, 2.45) is 5.41 Å². The van der Waals surface area contributed by atoms with Gasteiger partial charge in [-0.15, -0.1) is 0 Å². The summed E-state index contributed by atoms with van der Waals surface area (Å²) in [5.74, 6) is -0.890. The van der Waals surface area contributed by atoms with Crippen LogP contribution in [-0.2, 0) is 17.8 Å². The van der Waals surface area contributed by atoms with Crippen LogP contribution in [0.4, 0.5) is 4.39 Å². The molecule has 27 heavy (non-hydrogen) atoms. The smallest absolute Gasteiger partial charge is 0.274 e. The minimum atomic E-state index is -0.686. The number of likely N-dealkylation sites (tertiary alicyclic amines) is 1. The summed E-state index contributed by atoms with van der Waals surface area (Å²) < 4.78 is 14.3. The van der Waals surface area contributed by atoms with Crippen molar-refractivity contribution in [1.29, 1.82) is 0 Å². The second-order valence-electron chi connectivity index (χ2n) is 8.33. The first-order valence-electron chi connectivity index (χ1n) is 9.66. The van der Waals surface area contributed by atoms with Crippen molar-refractivity contribution in [3.05, 3.63) is 34.6 Å². The lowest BCUT2D eigenvalue weighted by Gasteiger charge is -2.56. The molecule has 7 heteroatoms. The third-order valence-corrected chi connectivity index (χ3v) is 6.80. The fourth-order valence-corrected chi connectivity index (χ4v) is 5.08. The normalized spacial score (nSPS) is 22.3. The van der Waals surface area contributed by atoms with Crippen molar-refractivity contribution in [1.82, 2.24) is 15.3 Å². The highest BCUT2D eigenvalue weighted by Crippen LogP contribution is 2.51. The number of carbonyl (C=O) groups is 2. The van der Waals surface area contributed by atoms with E-state index in [-0.39, 0.29) is 17.3 Å². The lowest BCUT2D eigenvalue weighted by Crippen LogP contribution is -2.56. The molecule has 3 aliphatic rings. The van der Waals surface area contributed by atoms with Crippen LogP contribution in [-0.4, -0.2) is 52.5 Å². The number of hydrogen-bond donors (Lipinski definition) is 2. The van der Waals surface area contributed by atoms with Crippen LogP contribution in [0.1, 0.15) is 54.1 Å². The van der Waals surface area contributed by atoms with E-state index in [1.54, 1.807) is 18.5 Å². The summed E-state index contributed by atoms with van der Waals surface area (Å²) in [7, 11) is 0. The molecule has 1 aromatic rings. The predicted octanol–water partition coefficient (Wildman–Crippen LogP) is 2.09. The van der Waals surface area contributed by atoms with E-state index in [1.165, 1.54) is 6.07 Å². The second-order valence-corrected chi connectivity index (χ2v) is 8.33. The molecule has 1 saturated heterocycles. The Morgan fingerprint density at radius 3 is 2.56 bits per heavy atom. The fourth-order valence-electron chi connectivity index (χ4n) is 5.08. The molecule has 0 radical (unpaired) electrons. The van der Waals surface area contributed by atoms with Gasteiger partial charge < -0.3 is 4.90 Å². The zero-order valence-corrected chi connectivity index (χ0v) is 15.6. The lowest BCUT2D eigenvalue weighted by atomic mass is 9.59. The number of carbonyl (C=O) groups excluding carboxylic acids is 2. The Hall–Kier alpha value is -1.99. The van der Waals surface area contributed by atoms with Crippen molar-refractivity contribution in [2.45, 2.75) is 51.6 Å². The van der Waals surface area contributed by atoms with Crippen LogP contribution in [0.2, 0.25) is 0 Å². The van der Waals surface area contributed by atoms with E-state index in [4.69, 9.17) is 5.21 Å². The highest BCUT2D eigenvalue weighted by molar-refractivity contribution is 5.93. The van der Waals surface area contributed by atoms with Gasteiger partial charge in [0, 0.05) is 44.7 Å². The number of amides is 2. The van der Waals surface area contributed by atoms with Crippen LogP contribution in [0.25, 0.3) is 0 Å². The minimum absolute atomic E-state index is 0.150. The first kappa shape index (κ1) is 18.4. The molecule has 2 N–H and O–H groups in total. The van der Waals surface area contributed by atoms with Crippen LogP contribution >= 0.6 is 0 Å². The van der Waals surface area contributed by atoms with E-state index < -0.39 is 5.91 Å². The maximum absolute atomic E-state index is 14.3. The van der Waals surface area contributed by atoms with E-state index >= 15 is 0 Å². The zero-order chi connectivity index (χ0) is 19.2. The molecule has 1 saturated carbocycles. The monoisotopic (exact) mass is 375 g/mol. The topological polar surface area (TPSA) is 72.9 Å². The third-order valence-electron chi connectivity index (χ3n) is 6.80. The minimum Gasteiger partial charge on any atom is -0.343 e. The number of piperidine rings is 1. The number of nitrogens with one attached hydrogen (secondary N) is 1. The Morgan fingerprint density at radius 2 is 1.93 bits per heavy atom. The molecule has 2 fully saturated rings. The Kier molecular flexibility index (Phi) is 4.68. The van der Waals surface area contributed by atoms with Gasteiger partial charge in [0.05, 0.1) is 0 Å². The first-order valence-corrected chi connectivity index (χ1v) is 9.66. The summed E-state index contributed by atoms with van der Waals surface area (Å²) in [5, 5.41) is 8.81. The van der Waals surface area contributed by atoms with Crippen LogP contribution in [0.5, 0.6) is 0 Å². The van der Waals surface area contributed by atoms with Crippen molar-refractivity contribution in [2.75, 3.05) is 19.6 Å². The van der Waals surface area contributed by atoms with E-state index in [0.29, 0.717) is 30.0 Å². The lowest BCUT2D eigenvalue weighted by molar-refractivity contribution is -0.133. The van der Waals surface area contributed by atoms with Gasteiger partial charge in [0.15, 0.2) is 0 Å². The molecule has 6 nitrogen and oxygen atoms in total. The largest absolute Gasteiger partial charge is 0.343 e. The van der Waals surface area contributed by atoms with Gasteiger partial charge in [0.1, 0.15) is 5.82 Å². The van der Waals surface area contributed by atoms with E-state index in [2.05, 4.69) is 4.90 Å². The van der Waals surface area contributed by atoms with Gasteiger partial charge in [0.25, 0.3) is 5.91 Å². The van der Waals surface area contributed by atoms with E-state index in [0.717, 1.165) is 50.9 Å². The molecular weight excluding hydrogens is 349 g/mol. The second kappa shape index (κ2) is 6.87. The van der Waals surface area contributed by atoms with Crippen molar-refractivity contribution >= 4 is 11.8 Å². The summed E-state index contributed by atoms with van der Waals surface area (Å²) in [6.07, 6.45) is 5.05. The molecular formula is C20H26FN3O3. The summed E-state index contributed by atoms with van der Waals surface area (Å²) in [5.41, 5.74) is 3.61. The molecule has 1 spiro atoms. The molecule has 0 unspecified atom stereocenters. The van der Waals surface area contributed by atoms with Crippen molar-refractivity contribution in [3.8, 4) is 0 Å². The number of nitrogens with zero attached hydrogens (tertiary/aromatic N) is 2. The molecule has 1 aliphatic carbocycles. The molecule has 4 rings (SSSR count). The summed E-state index contributed by atoms with van der Waals surface area (Å²) in [6.45, 7) is 4.82. The highest BCUT2D eigenvalue weighted by Gasteiger charge is 2.48. The van der Waals surface area contributed by atoms with Crippen molar-refractivity contribution < 1.29 is 19.2 Å². The van der Waals surface area contributed by atoms with Gasteiger partial charge in [0.2, 0.25) is 5.91 Å². The van der Waals surface area contributed by atoms with Gasteiger partial charge in [-0.05, 0) is 60.8 Å². The average molecular weight is 375 g/mol. The molecule has 2 amide bonds. The maximum atomic E-state index is 14.3. The number of halogens is 1. The summed E-state index contributed by atoms with van der Waals surface area (Å²) in [6, 6.07) is 3.37. The van der Waals surface area contributed by atoms with Crippen LogP contribution < -0.4 is 5.48 Å². The number of hydroxylamine groups is 1. The van der Waals surface area contributed by atoms with Gasteiger partial charge in [-0.1, -0.05) is 0 Å². The Morgan fingerprint density at radius 1 is 1.22 bits per heavy atom. The SMILES string of the molecule is CC(=O)N1CCC2(CC1)CC(N1CCc3c(F)cc(C(=O)NO)cc3C1)C2. The molecule has 0 atom stereocenters. The summed E-state index contributed by atoms with van der Waals surface area (Å²) in [4.78, 5) is 27.5. The predicted molar refractivity (Wildman–Crippen MR) is 96.7 cm³/mol. The average Bonchev–Trinajstić information content (AvgIpc) is 2.64. The van der Waals surface area contributed by atoms with Gasteiger partial charge in [-0.3, -0.25) is 19.7 Å². The summed E-state index contributed by atoms with van der Waals surface area (Å²) >= 11 is 0. The first-order chi connectivity index (χ1) is 12.9. The molecule has 0 bridgehead atoms. The number of benzene rings is 1. The molecule has 0 aromatic heterocycles. The van der Waals surface area contributed by atoms with E-state index in [9.17, 15) is 14.0 Å². The Bertz CT molecular complexity index is 766. The van der Waals surface area contributed by atoms with Crippen LogP contribution in [0.15, 0.2) is 12.1 Å². The molecule has 2 heterocycles. The molecule has 2 aliphatic heterocycles. The quantitative estimate of drug-likeness (QED) is 0.613. The third kappa shape index (κ3) is 3.34. The van der Waals surface area contributed by atoms with Crippen LogP contribution in [0.3, 0.4) is 0 Å². The number of hydrogen-bond acceptors (Lipinski definition) is 4. The Labute approximate surface area is 158 Å². The van der Waals surface area contributed by atoms with E-state index in [1.807, 2.05) is 4.90 Å². The van der Waals surface area contributed by atoms with Gasteiger partial charge in [-0.2, -0.15) is 0 Å². The van der Waals surface area contributed by atoms with Crippen molar-refractivity contribution in [3.63, 3.8) is 0 Å². The molecule has 146 valence electrons.